The van der Waals surface area contributed by atoms with E-state index in [1.54, 1.807) is 6.92 Å². The van der Waals surface area contributed by atoms with E-state index >= 15 is 0 Å². The van der Waals surface area contributed by atoms with Gasteiger partial charge in [-0.1, -0.05) is 12.1 Å². The van der Waals surface area contributed by atoms with E-state index in [0.29, 0.717) is 0 Å². The Morgan fingerprint density at radius 1 is 1.25 bits per heavy atom. The maximum absolute atomic E-state index is 13.1. The lowest BCUT2D eigenvalue weighted by Gasteiger charge is -2.04. The van der Waals surface area contributed by atoms with Gasteiger partial charge in [-0.2, -0.15) is 0 Å². The molecule has 4 nitrogen and oxygen atoms in total. The van der Waals surface area contributed by atoms with Gasteiger partial charge in [-0.25, -0.2) is 14.0 Å². The van der Waals surface area contributed by atoms with Crippen LogP contribution in [0.15, 0.2) is 24.3 Å². The first-order valence-electron chi connectivity index (χ1n) is 4.72. The van der Waals surface area contributed by atoms with E-state index in [9.17, 15) is 14.0 Å². The maximum Gasteiger partial charge on any atom is 0.344 e. The van der Waals surface area contributed by atoms with Gasteiger partial charge in [-0.3, -0.25) is 0 Å². The van der Waals surface area contributed by atoms with Crippen molar-refractivity contribution in [3.8, 4) is 0 Å². The number of ether oxygens (including phenoxy) is 2. The van der Waals surface area contributed by atoms with Gasteiger partial charge in [-0.15, -0.1) is 0 Å². The number of benzene rings is 1. The molecule has 0 amide bonds. The van der Waals surface area contributed by atoms with Gasteiger partial charge in [0.2, 0.25) is 0 Å². The zero-order valence-corrected chi connectivity index (χ0v) is 8.73. The van der Waals surface area contributed by atoms with Crippen molar-refractivity contribution in [3.05, 3.63) is 35.6 Å². The highest BCUT2D eigenvalue weighted by atomic mass is 19.1. The second kappa shape index (κ2) is 5.85. The van der Waals surface area contributed by atoms with Crippen molar-refractivity contribution in [1.82, 2.24) is 0 Å². The molecule has 1 rings (SSSR count). The molecule has 0 spiro atoms. The van der Waals surface area contributed by atoms with Crippen molar-refractivity contribution in [2.75, 3.05) is 13.2 Å². The number of esters is 2. The van der Waals surface area contributed by atoms with Crippen LogP contribution in [0.4, 0.5) is 4.39 Å². The summed E-state index contributed by atoms with van der Waals surface area (Å²) in [5.41, 5.74) is -0.202. The van der Waals surface area contributed by atoms with Crippen LogP contribution in [0.2, 0.25) is 0 Å². The summed E-state index contributed by atoms with van der Waals surface area (Å²) >= 11 is 0. The SMILES string of the molecule is CCOC(=O)COC(=O)c1ccccc1F. The fourth-order valence-corrected chi connectivity index (χ4v) is 1.03. The van der Waals surface area contributed by atoms with Crippen LogP contribution in [-0.4, -0.2) is 25.2 Å². The van der Waals surface area contributed by atoms with E-state index in [0.717, 1.165) is 6.07 Å². The smallest absolute Gasteiger partial charge is 0.344 e. The molecular weight excluding hydrogens is 215 g/mol. The van der Waals surface area contributed by atoms with Crippen molar-refractivity contribution in [2.24, 2.45) is 0 Å². The summed E-state index contributed by atoms with van der Waals surface area (Å²) in [6.07, 6.45) is 0. The Balaban J connectivity index is 2.54. The highest BCUT2D eigenvalue weighted by molar-refractivity contribution is 5.90. The van der Waals surface area contributed by atoms with Crippen LogP contribution in [-0.2, 0) is 14.3 Å². The van der Waals surface area contributed by atoms with E-state index in [2.05, 4.69) is 9.47 Å². The van der Waals surface area contributed by atoms with E-state index in [4.69, 9.17) is 0 Å². The summed E-state index contributed by atoms with van der Waals surface area (Å²) in [4.78, 5) is 22.2. The zero-order chi connectivity index (χ0) is 12.0. The molecule has 0 bridgehead atoms. The zero-order valence-electron chi connectivity index (χ0n) is 8.73. The van der Waals surface area contributed by atoms with Gasteiger partial charge in [0.1, 0.15) is 5.82 Å². The van der Waals surface area contributed by atoms with E-state index in [-0.39, 0.29) is 12.2 Å². The number of carbonyl (C=O) groups excluding carboxylic acids is 2. The molecule has 0 aromatic heterocycles. The molecule has 86 valence electrons. The molecule has 0 unspecified atom stereocenters. The summed E-state index contributed by atoms with van der Waals surface area (Å²) in [7, 11) is 0. The first-order chi connectivity index (χ1) is 7.65. The predicted octanol–water partition coefficient (Wildman–Crippen LogP) is 1.55. The molecule has 0 saturated heterocycles. The topological polar surface area (TPSA) is 52.6 Å². The van der Waals surface area contributed by atoms with Crippen LogP contribution in [0.1, 0.15) is 17.3 Å². The Hall–Kier alpha value is -1.91. The van der Waals surface area contributed by atoms with Gasteiger partial charge >= 0.3 is 11.9 Å². The largest absolute Gasteiger partial charge is 0.463 e. The standard InChI is InChI=1S/C11H11FO4/c1-2-15-10(13)7-16-11(14)8-5-3-4-6-9(8)12/h3-6H,2,7H2,1H3. The predicted molar refractivity (Wildman–Crippen MR) is 53.3 cm³/mol. The third-order valence-electron chi connectivity index (χ3n) is 1.72. The van der Waals surface area contributed by atoms with Crippen LogP contribution in [0.5, 0.6) is 0 Å². The minimum atomic E-state index is -0.883. The number of rotatable bonds is 4. The average molecular weight is 226 g/mol. The second-order valence-electron chi connectivity index (χ2n) is 2.86. The first kappa shape index (κ1) is 12.2. The van der Waals surface area contributed by atoms with Crippen molar-refractivity contribution in [1.29, 1.82) is 0 Å². The molecule has 1 aromatic carbocycles. The van der Waals surface area contributed by atoms with Gasteiger partial charge in [0.05, 0.1) is 12.2 Å². The Labute approximate surface area is 92.0 Å². The van der Waals surface area contributed by atoms with Gasteiger partial charge in [0.15, 0.2) is 6.61 Å². The summed E-state index contributed by atoms with van der Waals surface area (Å²) in [5.74, 6) is -2.23. The molecule has 16 heavy (non-hydrogen) atoms. The van der Waals surface area contributed by atoms with Crippen molar-refractivity contribution in [3.63, 3.8) is 0 Å². The second-order valence-corrected chi connectivity index (χ2v) is 2.86. The van der Waals surface area contributed by atoms with Gasteiger partial charge in [0.25, 0.3) is 0 Å². The molecule has 0 fully saturated rings. The average Bonchev–Trinajstić information content (AvgIpc) is 2.27. The van der Waals surface area contributed by atoms with Crippen LogP contribution in [0.3, 0.4) is 0 Å². The Kier molecular flexibility index (Phi) is 4.44. The number of carbonyl (C=O) groups is 2. The molecule has 0 aliphatic carbocycles. The molecule has 1 aromatic rings. The first-order valence-corrected chi connectivity index (χ1v) is 4.72. The maximum atomic E-state index is 13.1. The quantitative estimate of drug-likeness (QED) is 0.731. The third-order valence-corrected chi connectivity index (χ3v) is 1.72. The van der Waals surface area contributed by atoms with E-state index < -0.39 is 24.4 Å². The molecule has 0 atom stereocenters. The highest BCUT2D eigenvalue weighted by Gasteiger charge is 2.14. The molecule has 5 heteroatoms. The van der Waals surface area contributed by atoms with Crippen LogP contribution >= 0.6 is 0 Å². The lowest BCUT2D eigenvalue weighted by molar-refractivity contribution is -0.146. The third kappa shape index (κ3) is 3.34. The number of hydrogen-bond donors (Lipinski definition) is 0. The fraction of sp³-hybridized carbons (Fsp3) is 0.273. The van der Waals surface area contributed by atoms with Gasteiger partial charge < -0.3 is 9.47 Å². The number of hydrogen-bond acceptors (Lipinski definition) is 4. The fourth-order valence-electron chi connectivity index (χ4n) is 1.03. The van der Waals surface area contributed by atoms with Crippen LogP contribution < -0.4 is 0 Å². The summed E-state index contributed by atoms with van der Waals surface area (Å²) < 4.78 is 22.2. The van der Waals surface area contributed by atoms with Gasteiger partial charge in [0, 0.05) is 0 Å². The Bertz CT molecular complexity index is 389. The van der Waals surface area contributed by atoms with Gasteiger partial charge in [-0.05, 0) is 19.1 Å². The molecule has 0 heterocycles. The number of halogens is 1. The monoisotopic (exact) mass is 226 g/mol. The van der Waals surface area contributed by atoms with Crippen molar-refractivity contribution < 1.29 is 23.5 Å². The Morgan fingerprint density at radius 2 is 1.94 bits per heavy atom. The molecular formula is C11H11FO4. The molecule has 0 aliphatic heterocycles. The highest BCUT2D eigenvalue weighted by Crippen LogP contribution is 2.07. The van der Waals surface area contributed by atoms with Crippen molar-refractivity contribution in [2.45, 2.75) is 6.92 Å². The molecule has 0 aliphatic rings. The summed E-state index contributed by atoms with van der Waals surface area (Å²) in [6, 6.07) is 5.38. The molecule has 0 N–H and O–H groups in total. The van der Waals surface area contributed by atoms with Crippen LogP contribution in [0.25, 0.3) is 0 Å². The van der Waals surface area contributed by atoms with Crippen molar-refractivity contribution >= 4 is 11.9 Å². The van der Waals surface area contributed by atoms with Crippen LogP contribution in [0, 0.1) is 5.82 Å². The minimum Gasteiger partial charge on any atom is -0.463 e. The van der Waals surface area contributed by atoms with E-state index in [1.807, 2.05) is 0 Å². The molecule has 0 saturated carbocycles. The lowest BCUT2D eigenvalue weighted by atomic mass is 10.2. The van der Waals surface area contributed by atoms with E-state index in [1.165, 1.54) is 18.2 Å². The lowest BCUT2D eigenvalue weighted by Crippen LogP contribution is -2.17. The molecule has 0 radical (unpaired) electrons. The summed E-state index contributed by atoms with van der Waals surface area (Å²) in [5, 5.41) is 0. The summed E-state index contributed by atoms with van der Waals surface area (Å²) in [6.45, 7) is 1.33. The minimum absolute atomic E-state index is 0.202. The Morgan fingerprint density at radius 3 is 2.56 bits per heavy atom. The normalized spacial score (nSPS) is 9.62.